The Labute approximate surface area is 129 Å². The number of nitrogens with two attached hydrogens (primary N) is 1. The van der Waals surface area contributed by atoms with E-state index in [1.165, 1.54) is 11.8 Å². The van der Waals surface area contributed by atoms with Crippen LogP contribution >= 0.6 is 11.3 Å². The first-order valence-electron chi connectivity index (χ1n) is 6.96. The summed E-state index contributed by atoms with van der Waals surface area (Å²) in [6.07, 6.45) is 2.31. The van der Waals surface area contributed by atoms with Crippen molar-refractivity contribution in [2.75, 3.05) is 19.6 Å². The highest BCUT2D eigenvalue weighted by molar-refractivity contribution is 7.90. The molecule has 1 aromatic heterocycles. The fourth-order valence-electron chi connectivity index (χ4n) is 2.43. The number of primary sulfonamides is 1. The minimum absolute atomic E-state index is 0.101. The zero-order valence-electron chi connectivity index (χ0n) is 12.0. The molecule has 0 radical (unpaired) electrons. The first kappa shape index (κ1) is 16.4. The second-order valence-electron chi connectivity index (χ2n) is 5.25. The molecule has 2 unspecified atom stereocenters. The summed E-state index contributed by atoms with van der Waals surface area (Å²) < 4.78 is 22.4. The van der Waals surface area contributed by atoms with Gasteiger partial charge in [-0.25, -0.2) is 13.6 Å². The lowest BCUT2D eigenvalue weighted by Gasteiger charge is -2.27. The molecule has 1 aliphatic rings. The molecule has 1 fully saturated rings. The summed E-state index contributed by atoms with van der Waals surface area (Å²) in [7, 11) is -3.85. The van der Waals surface area contributed by atoms with E-state index in [-0.39, 0.29) is 6.04 Å². The number of carbonyl (C=O) groups is 1. The van der Waals surface area contributed by atoms with Crippen LogP contribution in [0.5, 0.6) is 0 Å². The minimum atomic E-state index is -3.85. The lowest BCUT2D eigenvalue weighted by atomic mass is 10.2. The summed E-state index contributed by atoms with van der Waals surface area (Å²) >= 11 is 1.65. The second-order valence-corrected chi connectivity index (χ2v) is 8.12. The van der Waals surface area contributed by atoms with Crippen LogP contribution in [0.3, 0.4) is 0 Å². The highest BCUT2D eigenvalue weighted by Crippen LogP contribution is 2.27. The normalized spacial score (nSPS) is 19.3. The molecule has 1 aromatic rings. The van der Waals surface area contributed by atoms with Crippen molar-refractivity contribution in [1.29, 1.82) is 0 Å². The molecule has 1 amide bonds. The summed E-state index contributed by atoms with van der Waals surface area (Å²) in [4.78, 5) is 15.4. The summed E-state index contributed by atoms with van der Waals surface area (Å²) in [6.45, 7) is 3.71. The summed E-state index contributed by atoms with van der Waals surface area (Å²) in [5.74, 6) is -0.543. The molecule has 21 heavy (non-hydrogen) atoms. The molecular formula is C13H21N3O3S2. The van der Waals surface area contributed by atoms with Crippen LogP contribution in [0, 0.1) is 0 Å². The van der Waals surface area contributed by atoms with E-state index in [4.69, 9.17) is 5.14 Å². The predicted molar refractivity (Wildman–Crippen MR) is 83.4 cm³/mol. The zero-order chi connectivity index (χ0) is 15.5. The molecule has 0 aliphatic carbocycles. The lowest BCUT2D eigenvalue weighted by Crippen LogP contribution is -2.44. The third kappa shape index (κ3) is 4.26. The molecule has 3 N–H and O–H groups in total. The van der Waals surface area contributed by atoms with E-state index in [0.717, 1.165) is 25.9 Å². The van der Waals surface area contributed by atoms with Gasteiger partial charge in [0, 0.05) is 11.4 Å². The van der Waals surface area contributed by atoms with E-state index in [1.54, 1.807) is 11.3 Å². The van der Waals surface area contributed by atoms with Gasteiger partial charge in [-0.2, -0.15) is 0 Å². The van der Waals surface area contributed by atoms with E-state index < -0.39 is 21.2 Å². The maximum Gasteiger partial charge on any atom is 0.239 e. The van der Waals surface area contributed by atoms with Crippen LogP contribution in [0.4, 0.5) is 0 Å². The first-order chi connectivity index (χ1) is 9.89. The molecule has 2 rings (SSSR count). The standard InChI is InChI=1S/C13H21N3O3S2/c1-10(21(14,18)19)13(17)15-9-11(12-5-4-8-20-12)16-6-2-3-7-16/h4-5,8,10-11H,2-3,6-7,9H2,1H3,(H,15,17)(H2,14,18,19). The molecule has 6 nitrogen and oxygen atoms in total. The van der Waals surface area contributed by atoms with Gasteiger partial charge in [0.1, 0.15) is 0 Å². The summed E-state index contributed by atoms with van der Waals surface area (Å²) in [5, 5.41) is 8.51. The van der Waals surface area contributed by atoms with Crippen molar-refractivity contribution in [1.82, 2.24) is 10.2 Å². The Balaban J connectivity index is 2.01. The van der Waals surface area contributed by atoms with Gasteiger partial charge in [0.05, 0.1) is 6.04 Å². The highest BCUT2D eigenvalue weighted by Gasteiger charge is 2.28. The van der Waals surface area contributed by atoms with Gasteiger partial charge in [0.2, 0.25) is 15.9 Å². The smallest absolute Gasteiger partial charge is 0.239 e. The van der Waals surface area contributed by atoms with Gasteiger partial charge >= 0.3 is 0 Å². The van der Waals surface area contributed by atoms with Crippen molar-refractivity contribution in [3.63, 3.8) is 0 Å². The molecule has 0 aromatic carbocycles. The minimum Gasteiger partial charge on any atom is -0.353 e. The summed E-state index contributed by atoms with van der Waals surface area (Å²) in [6, 6.07) is 4.13. The largest absolute Gasteiger partial charge is 0.353 e. The molecule has 0 spiro atoms. The van der Waals surface area contributed by atoms with Crippen LogP contribution in [-0.2, 0) is 14.8 Å². The van der Waals surface area contributed by atoms with Gasteiger partial charge in [-0.15, -0.1) is 11.3 Å². The van der Waals surface area contributed by atoms with E-state index in [9.17, 15) is 13.2 Å². The number of sulfonamides is 1. The quantitative estimate of drug-likeness (QED) is 0.802. The van der Waals surface area contributed by atoms with Gasteiger partial charge in [0.25, 0.3) is 0 Å². The van der Waals surface area contributed by atoms with Crippen LogP contribution in [0.15, 0.2) is 17.5 Å². The monoisotopic (exact) mass is 331 g/mol. The number of nitrogens with one attached hydrogen (secondary N) is 1. The van der Waals surface area contributed by atoms with E-state index in [1.807, 2.05) is 17.5 Å². The van der Waals surface area contributed by atoms with Crippen LogP contribution in [0.1, 0.15) is 30.7 Å². The van der Waals surface area contributed by atoms with Crippen molar-refractivity contribution in [2.24, 2.45) is 5.14 Å². The molecular weight excluding hydrogens is 310 g/mol. The predicted octanol–water partition coefficient (Wildman–Crippen LogP) is 0.678. The van der Waals surface area contributed by atoms with Crippen LogP contribution in [0.2, 0.25) is 0 Å². The van der Waals surface area contributed by atoms with Gasteiger partial charge in [-0.3, -0.25) is 9.69 Å². The van der Waals surface area contributed by atoms with Gasteiger partial charge in [0.15, 0.2) is 5.25 Å². The van der Waals surface area contributed by atoms with E-state index in [2.05, 4.69) is 10.2 Å². The van der Waals surface area contributed by atoms with Crippen LogP contribution in [-0.4, -0.2) is 44.1 Å². The van der Waals surface area contributed by atoms with Gasteiger partial charge < -0.3 is 5.32 Å². The van der Waals surface area contributed by atoms with Crippen molar-refractivity contribution in [3.05, 3.63) is 22.4 Å². The van der Waals surface area contributed by atoms with Crippen molar-refractivity contribution < 1.29 is 13.2 Å². The van der Waals surface area contributed by atoms with Crippen molar-refractivity contribution in [2.45, 2.75) is 31.1 Å². The number of rotatable bonds is 6. The molecule has 2 atom stereocenters. The molecule has 118 valence electrons. The Morgan fingerprint density at radius 3 is 2.67 bits per heavy atom. The fourth-order valence-corrected chi connectivity index (χ4v) is 3.68. The molecule has 0 bridgehead atoms. The molecule has 1 aliphatic heterocycles. The Kier molecular flexibility index (Phi) is 5.37. The Morgan fingerprint density at radius 1 is 1.48 bits per heavy atom. The number of nitrogens with zero attached hydrogens (tertiary/aromatic N) is 1. The number of likely N-dealkylation sites (tertiary alicyclic amines) is 1. The van der Waals surface area contributed by atoms with E-state index >= 15 is 0 Å². The fraction of sp³-hybridized carbons (Fsp3) is 0.615. The second kappa shape index (κ2) is 6.87. The lowest BCUT2D eigenvalue weighted by molar-refractivity contribution is -0.120. The van der Waals surface area contributed by atoms with Gasteiger partial charge in [-0.1, -0.05) is 6.07 Å². The zero-order valence-corrected chi connectivity index (χ0v) is 13.6. The third-order valence-electron chi connectivity index (χ3n) is 3.78. The molecule has 1 saturated heterocycles. The number of amides is 1. The molecule has 0 saturated carbocycles. The van der Waals surface area contributed by atoms with Crippen LogP contribution < -0.4 is 10.5 Å². The van der Waals surface area contributed by atoms with E-state index in [0.29, 0.717) is 6.54 Å². The van der Waals surface area contributed by atoms with Gasteiger partial charge in [-0.05, 0) is 44.3 Å². The SMILES string of the molecule is CC(C(=O)NCC(c1cccs1)N1CCCC1)S(N)(=O)=O. The maximum atomic E-state index is 11.9. The first-order valence-corrected chi connectivity index (χ1v) is 9.45. The number of hydrogen-bond acceptors (Lipinski definition) is 5. The average Bonchev–Trinajstić information content (AvgIpc) is 3.10. The van der Waals surface area contributed by atoms with Crippen molar-refractivity contribution >= 4 is 27.3 Å². The Hall–Kier alpha value is -0.960. The maximum absolute atomic E-state index is 11.9. The number of thiophene rings is 1. The molecule has 2 heterocycles. The Bertz CT molecular complexity index is 565. The van der Waals surface area contributed by atoms with Crippen molar-refractivity contribution in [3.8, 4) is 0 Å². The highest BCUT2D eigenvalue weighted by atomic mass is 32.2. The third-order valence-corrected chi connectivity index (χ3v) is 5.96. The average molecular weight is 331 g/mol. The Morgan fingerprint density at radius 2 is 2.14 bits per heavy atom. The molecule has 8 heteroatoms. The topological polar surface area (TPSA) is 92.5 Å². The van der Waals surface area contributed by atoms with Crippen LogP contribution in [0.25, 0.3) is 0 Å². The number of hydrogen-bond donors (Lipinski definition) is 2. The summed E-state index contributed by atoms with van der Waals surface area (Å²) in [5.41, 5.74) is 0. The number of carbonyl (C=O) groups excluding carboxylic acids is 1.